The Hall–Kier alpha value is -1.97. The molecule has 3 rings (SSSR count). The Bertz CT molecular complexity index is 904. The van der Waals surface area contributed by atoms with Crippen LogP contribution in [0.1, 0.15) is 12.5 Å². The summed E-state index contributed by atoms with van der Waals surface area (Å²) in [5.41, 5.74) is 0.985. The maximum absolute atomic E-state index is 12.9. The average molecular weight is 468 g/mol. The summed E-state index contributed by atoms with van der Waals surface area (Å²) in [6.45, 7) is 1.67. The second-order valence-corrected chi connectivity index (χ2v) is 8.61. The van der Waals surface area contributed by atoms with Gasteiger partial charge in [-0.2, -0.15) is 0 Å². The van der Waals surface area contributed by atoms with E-state index in [1.54, 1.807) is 31.2 Å². The van der Waals surface area contributed by atoms with Gasteiger partial charge in [0.1, 0.15) is 11.6 Å². The van der Waals surface area contributed by atoms with Crippen molar-refractivity contribution in [3.05, 3.63) is 64.4 Å². The molecule has 0 saturated carbocycles. The van der Waals surface area contributed by atoms with Gasteiger partial charge in [-0.25, -0.2) is 4.39 Å². The number of nitrogens with zero attached hydrogens (tertiary/aromatic N) is 2. The molecule has 1 unspecified atom stereocenters. The van der Waals surface area contributed by atoms with Crippen LogP contribution in [0.15, 0.2) is 57.3 Å². The minimum absolute atomic E-state index is 0.260. The summed E-state index contributed by atoms with van der Waals surface area (Å²) >= 11 is 6.11. The average Bonchev–Trinajstić information content (AvgIpc) is 3.10. The molecule has 1 N–H and O–H groups in total. The maximum atomic E-state index is 12.9. The van der Waals surface area contributed by atoms with Gasteiger partial charge < -0.3 is 4.74 Å². The smallest absolute Gasteiger partial charge is 0.266 e. The van der Waals surface area contributed by atoms with Crippen LogP contribution in [0.25, 0.3) is 0 Å². The molecule has 0 bridgehead atoms. The fraction of sp³-hybridized carbons (Fsp3) is 0.167. The molecule has 27 heavy (non-hydrogen) atoms. The normalized spacial score (nSPS) is 11.8. The van der Waals surface area contributed by atoms with Crippen molar-refractivity contribution in [2.75, 3.05) is 5.32 Å². The molecule has 1 amide bonds. The number of nitrogens with one attached hydrogen (secondary N) is 1. The summed E-state index contributed by atoms with van der Waals surface area (Å²) in [5.74, 6) is 0.688. The summed E-state index contributed by atoms with van der Waals surface area (Å²) < 4.78 is 20.2. The highest BCUT2D eigenvalue weighted by molar-refractivity contribution is 9.10. The lowest BCUT2D eigenvalue weighted by molar-refractivity contribution is -0.122. The highest BCUT2D eigenvalue weighted by atomic mass is 79.9. The number of benzene rings is 2. The molecule has 2 aromatic carbocycles. The van der Waals surface area contributed by atoms with Crippen LogP contribution in [0.3, 0.4) is 0 Å². The third kappa shape index (κ3) is 6.02. The standard InChI is InChI=1S/C18H15BrFN3O2S2/c1-11(25-15-8-4-13(19)5-9-15)16(24)21-17-22-23-18(27-17)26-10-12-2-6-14(20)7-3-12/h2-9,11H,10H2,1H3,(H,21,22,24). The Morgan fingerprint density at radius 3 is 2.63 bits per heavy atom. The highest BCUT2D eigenvalue weighted by Crippen LogP contribution is 2.28. The lowest BCUT2D eigenvalue weighted by Crippen LogP contribution is -2.30. The van der Waals surface area contributed by atoms with E-state index in [0.717, 1.165) is 14.4 Å². The molecule has 0 aliphatic heterocycles. The molecule has 9 heteroatoms. The zero-order valence-electron chi connectivity index (χ0n) is 14.2. The quantitative estimate of drug-likeness (QED) is 0.385. The third-order valence-corrected chi connectivity index (χ3v) is 5.98. The van der Waals surface area contributed by atoms with Gasteiger partial charge in [-0.05, 0) is 48.9 Å². The van der Waals surface area contributed by atoms with Crippen LogP contribution >= 0.6 is 39.0 Å². The second-order valence-electron chi connectivity index (χ2n) is 5.49. The van der Waals surface area contributed by atoms with Crippen LogP contribution in [0, 0.1) is 5.82 Å². The number of carbonyl (C=O) groups excluding carboxylic acids is 1. The number of hydrogen-bond donors (Lipinski definition) is 1. The van der Waals surface area contributed by atoms with Gasteiger partial charge in [-0.15, -0.1) is 10.2 Å². The van der Waals surface area contributed by atoms with Gasteiger partial charge in [-0.3, -0.25) is 10.1 Å². The number of ether oxygens (including phenoxy) is 1. The van der Waals surface area contributed by atoms with E-state index in [2.05, 4.69) is 31.4 Å². The van der Waals surface area contributed by atoms with Gasteiger partial charge in [0.15, 0.2) is 10.4 Å². The minimum Gasteiger partial charge on any atom is -0.481 e. The summed E-state index contributed by atoms with van der Waals surface area (Å²) in [6, 6.07) is 13.6. The summed E-state index contributed by atoms with van der Waals surface area (Å²) in [7, 11) is 0. The van der Waals surface area contributed by atoms with Gasteiger partial charge in [-0.1, -0.05) is 51.2 Å². The monoisotopic (exact) mass is 467 g/mol. The zero-order chi connectivity index (χ0) is 19.2. The topological polar surface area (TPSA) is 64.1 Å². The molecule has 1 heterocycles. The SMILES string of the molecule is CC(Oc1ccc(Br)cc1)C(=O)Nc1nnc(SCc2ccc(F)cc2)s1. The molecule has 3 aromatic rings. The number of carbonyl (C=O) groups is 1. The first-order valence-corrected chi connectivity index (χ1v) is 10.5. The highest BCUT2D eigenvalue weighted by Gasteiger charge is 2.17. The van der Waals surface area contributed by atoms with Crippen molar-refractivity contribution in [2.45, 2.75) is 23.1 Å². The van der Waals surface area contributed by atoms with E-state index in [9.17, 15) is 9.18 Å². The van der Waals surface area contributed by atoms with Crippen LogP contribution < -0.4 is 10.1 Å². The molecule has 5 nitrogen and oxygen atoms in total. The number of halogens is 2. The van der Waals surface area contributed by atoms with Gasteiger partial charge >= 0.3 is 0 Å². The van der Waals surface area contributed by atoms with Crippen LogP contribution in [0.2, 0.25) is 0 Å². The number of hydrogen-bond acceptors (Lipinski definition) is 6. The predicted molar refractivity (Wildman–Crippen MR) is 109 cm³/mol. The van der Waals surface area contributed by atoms with Gasteiger partial charge in [0, 0.05) is 10.2 Å². The molecule has 0 fully saturated rings. The van der Waals surface area contributed by atoms with E-state index >= 15 is 0 Å². The molecule has 0 saturated heterocycles. The number of aromatic nitrogens is 2. The fourth-order valence-corrected chi connectivity index (χ4v) is 4.00. The van der Waals surface area contributed by atoms with Crippen LogP contribution in [0.4, 0.5) is 9.52 Å². The Kier molecular flexibility index (Phi) is 6.81. The van der Waals surface area contributed by atoms with Crippen molar-refractivity contribution < 1.29 is 13.9 Å². The maximum Gasteiger partial charge on any atom is 0.266 e. The van der Waals surface area contributed by atoms with E-state index in [0.29, 0.717) is 16.6 Å². The van der Waals surface area contributed by atoms with Crippen molar-refractivity contribution in [3.63, 3.8) is 0 Å². The Morgan fingerprint density at radius 1 is 1.22 bits per heavy atom. The van der Waals surface area contributed by atoms with E-state index in [1.165, 1.54) is 35.2 Å². The Labute approximate surface area is 172 Å². The van der Waals surface area contributed by atoms with Crippen molar-refractivity contribution in [2.24, 2.45) is 0 Å². The first-order chi connectivity index (χ1) is 13.0. The Balaban J connectivity index is 1.50. The number of amides is 1. The molecule has 0 spiro atoms. The predicted octanol–water partition coefficient (Wildman–Crippen LogP) is 5.14. The molecule has 0 radical (unpaired) electrons. The zero-order valence-corrected chi connectivity index (χ0v) is 17.4. The molecular formula is C18H15BrFN3O2S2. The largest absolute Gasteiger partial charge is 0.481 e. The van der Waals surface area contributed by atoms with E-state index < -0.39 is 6.10 Å². The number of anilines is 1. The fourth-order valence-electron chi connectivity index (χ4n) is 2.02. The van der Waals surface area contributed by atoms with Crippen molar-refractivity contribution in [1.29, 1.82) is 0 Å². The molecule has 140 valence electrons. The van der Waals surface area contributed by atoms with Crippen LogP contribution in [-0.4, -0.2) is 22.2 Å². The number of thioether (sulfide) groups is 1. The first kappa shape index (κ1) is 19.8. The van der Waals surface area contributed by atoms with Crippen molar-refractivity contribution in [3.8, 4) is 5.75 Å². The number of rotatable bonds is 7. The third-order valence-electron chi connectivity index (χ3n) is 3.41. The Morgan fingerprint density at radius 2 is 1.93 bits per heavy atom. The van der Waals surface area contributed by atoms with Crippen LogP contribution in [0.5, 0.6) is 5.75 Å². The van der Waals surface area contributed by atoms with Gasteiger partial charge in [0.25, 0.3) is 5.91 Å². The van der Waals surface area contributed by atoms with Gasteiger partial charge in [0.05, 0.1) is 0 Å². The van der Waals surface area contributed by atoms with Gasteiger partial charge in [0.2, 0.25) is 5.13 Å². The van der Waals surface area contributed by atoms with E-state index in [1.807, 2.05) is 12.1 Å². The molecule has 0 aliphatic rings. The lowest BCUT2D eigenvalue weighted by Gasteiger charge is -2.13. The van der Waals surface area contributed by atoms with Crippen molar-refractivity contribution in [1.82, 2.24) is 10.2 Å². The minimum atomic E-state index is -0.676. The molecule has 0 aliphatic carbocycles. The van der Waals surface area contributed by atoms with Crippen molar-refractivity contribution >= 4 is 50.1 Å². The van der Waals surface area contributed by atoms with Crippen LogP contribution in [-0.2, 0) is 10.5 Å². The van der Waals surface area contributed by atoms with E-state index in [-0.39, 0.29) is 11.7 Å². The molecule has 1 aromatic heterocycles. The van der Waals surface area contributed by atoms with E-state index in [4.69, 9.17) is 4.74 Å². The first-order valence-electron chi connectivity index (χ1n) is 7.93. The summed E-state index contributed by atoms with van der Waals surface area (Å²) in [4.78, 5) is 12.3. The summed E-state index contributed by atoms with van der Waals surface area (Å²) in [5, 5.41) is 11.1. The molecule has 1 atom stereocenters. The molecular weight excluding hydrogens is 453 g/mol. The summed E-state index contributed by atoms with van der Waals surface area (Å²) in [6.07, 6.45) is -0.676. The lowest BCUT2D eigenvalue weighted by atomic mass is 10.2. The second kappa shape index (κ2) is 9.29.